The fraction of sp³-hybridized carbons (Fsp3) is 0.207. The van der Waals surface area contributed by atoms with Crippen molar-refractivity contribution in [2.45, 2.75) is 11.4 Å². The number of aromatic nitrogens is 1. The van der Waals surface area contributed by atoms with Crippen LogP contribution in [-0.2, 0) is 26.1 Å². The van der Waals surface area contributed by atoms with Gasteiger partial charge in [0.25, 0.3) is 5.91 Å². The van der Waals surface area contributed by atoms with Gasteiger partial charge in [0.1, 0.15) is 5.82 Å². The van der Waals surface area contributed by atoms with Crippen LogP contribution in [0.3, 0.4) is 0 Å². The van der Waals surface area contributed by atoms with Crippen LogP contribution in [-0.4, -0.2) is 56.5 Å². The van der Waals surface area contributed by atoms with Crippen molar-refractivity contribution in [2.24, 2.45) is 0 Å². The van der Waals surface area contributed by atoms with Gasteiger partial charge in [0.05, 0.1) is 23.8 Å². The fourth-order valence-electron chi connectivity index (χ4n) is 5.15. The molecule has 0 N–H and O–H groups in total. The summed E-state index contributed by atoms with van der Waals surface area (Å²) in [5.74, 6) is -0.497. The SMILES string of the molecule is CN1C(=O)/C(=C\c2cn(Cc3ccc(F)cc3)c3ccc(Br)cc23)c2cc(S(=O)(=O)N3CCOCC3)ccc21. The highest BCUT2D eigenvalue weighted by Crippen LogP contribution is 2.40. The van der Waals surface area contributed by atoms with E-state index in [9.17, 15) is 17.6 Å². The van der Waals surface area contributed by atoms with Crippen LogP contribution in [0.25, 0.3) is 22.6 Å². The molecule has 2 aliphatic rings. The highest BCUT2D eigenvalue weighted by Gasteiger charge is 2.33. The van der Waals surface area contributed by atoms with E-state index in [0.29, 0.717) is 49.7 Å². The molecule has 0 bridgehead atoms. The second-order valence-electron chi connectivity index (χ2n) is 9.62. The van der Waals surface area contributed by atoms with Crippen molar-refractivity contribution in [3.05, 3.63) is 93.8 Å². The molecule has 0 aliphatic carbocycles. The maximum Gasteiger partial charge on any atom is 0.258 e. The van der Waals surface area contributed by atoms with E-state index in [2.05, 4.69) is 20.5 Å². The van der Waals surface area contributed by atoms with Crippen LogP contribution in [0, 0.1) is 5.82 Å². The Morgan fingerprint density at radius 3 is 2.51 bits per heavy atom. The summed E-state index contributed by atoms with van der Waals surface area (Å²) in [4.78, 5) is 15.1. The lowest BCUT2D eigenvalue weighted by Gasteiger charge is -2.26. The third kappa shape index (κ3) is 4.71. The number of likely N-dealkylation sites (N-methyl/N-ethyl adjacent to an activating group) is 1. The van der Waals surface area contributed by atoms with Crippen LogP contribution < -0.4 is 4.90 Å². The molecule has 3 heterocycles. The third-order valence-corrected chi connectivity index (χ3v) is 9.59. The predicted octanol–water partition coefficient (Wildman–Crippen LogP) is 5.13. The molecule has 0 saturated carbocycles. The van der Waals surface area contributed by atoms with Gasteiger partial charge < -0.3 is 14.2 Å². The lowest BCUT2D eigenvalue weighted by molar-refractivity contribution is -0.112. The normalized spacial score (nSPS) is 17.4. The molecule has 7 nitrogen and oxygen atoms in total. The highest BCUT2D eigenvalue weighted by molar-refractivity contribution is 9.10. The first kappa shape index (κ1) is 25.9. The summed E-state index contributed by atoms with van der Waals surface area (Å²) >= 11 is 3.55. The van der Waals surface area contributed by atoms with E-state index >= 15 is 0 Å². The molecule has 0 unspecified atom stereocenters. The van der Waals surface area contributed by atoms with E-state index in [1.54, 1.807) is 42.3 Å². The maximum atomic E-state index is 13.5. The largest absolute Gasteiger partial charge is 0.379 e. The molecule has 0 atom stereocenters. The Bertz CT molecular complexity index is 1740. The summed E-state index contributed by atoms with van der Waals surface area (Å²) in [6, 6.07) is 17.2. The number of carbonyl (C=O) groups is 1. The summed E-state index contributed by atoms with van der Waals surface area (Å²) in [6.45, 7) is 1.82. The molecule has 3 aromatic carbocycles. The first-order valence-corrected chi connectivity index (χ1v) is 14.7. The van der Waals surface area contributed by atoms with E-state index < -0.39 is 10.0 Å². The number of amides is 1. The number of fused-ring (bicyclic) bond motifs is 2. The molecule has 1 saturated heterocycles. The van der Waals surface area contributed by atoms with Crippen molar-refractivity contribution >= 4 is 60.1 Å². The summed E-state index contributed by atoms with van der Waals surface area (Å²) < 4.78 is 49.8. The number of anilines is 1. The molecule has 200 valence electrons. The number of sulfonamides is 1. The van der Waals surface area contributed by atoms with Gasteiger partial charge in [0.15, 0.2) is 0 Å². The van der Waals surface area contributed by atoms with Crippen molar-refractivity contribution in [1.29, 1.82) is 0 Å². The number of hydrogen-bond donors (Lipinski definition) is 0. The van der Waals surface area contributed by atoms with Crippen LogP contribution in [0.4, 0.5) is 10.1 Å². The monoisotopic (exact) mass is 609 g/mol. The predicted molar refractivity (Wildman–Crippen MR) is 152 cm³/mol. The van der Waals surface area contributed by atoms with Crippen molar-refractivity contribution in [1.82, 2.24) is 8.87 Å². The van der Waals surface area contributed by atoms with Gasteiger partial charge in [-0.25, -0.2) is 12.8 Å². The van der Waals surface area contributed by atoms with Gasteiger partial charge in [0.2, 0.25) is 10.0 Å². The highest BCUT2D eigenvalue weighted by atomic mass is 79.9. The Kier molecular flexibility index (Phi) is 6.66. The minimum atomic E-state index is -3.73. The van der Waals surface area contributed by atoms with Crippen molar-refractivity contribution in [2.75, 3.05) is 38.3 Å². The number of morpholine rings is 1. The van der Waals surface area contributed by atoms with E-state index in [0.717, 1.165) is 26.5 Å². The van der Waals surface area contributed by atoms with E-state index in [1.807, 2.05) is 30.5 Å². The summed E-state index contributed by atoms with van der Waals surface area (Å²) in [5, 5.41) is 0.931. The quantitative estimate of drug-likeness (QED) is 0.294. The number of carbonyl (C=O) groups excluding carboxylic acids is 1. The van der Waals surface area contributed by atoms with Crippen molar-refractivity contribution < 1.29 is 22.3 Å². The summed E-state index contributed by atoms with van der Waals surface area (Å²) in [6.07, 6.45) is 3.79. The number of ether oxygens (including phenoxy) is 1. The van der Waals surface area contributed by atoms with Gasteiger partial charge in [-0.2, -0.15) is 4.31 Å². The number of benzene rings is 3. The lowest BCUT2D eigenvalue weighted by atomic mass is 10.0. The van der Waals surface area contributed by atoms with Gasteiger partial charge in [-0.3, -0.25) is 4.79 Å². The third-order valence-electron chi connectivity index (χ3n) is 7.20. The molecular formula is C29H25BrFN3O4S. The standard InChI is InChI=1S/C29H25BrFN3O4S/c1-32-27-9-7-23(39(36,37)34-10-12-38-13-11-34)16-25(27)26(29(32)35)14-20-18-33(17-19-2-5-22(31)6-3-19)28-8-4-21(30)15-24(20)28/h2-9,14-16,18H,10-13,17H2,1H3/b26-14-. The molecule has 1 fully saturated rings. The van der Waals surface area contributed by atoms with Crippen LogP contribution in [0.1, 0.15) is 16.7 Å². The average molecular weight is 611 g/mol. The first-order valence-electron chi connectivity index (χ1n) is 12.5. The Balaban J connectivity index is 1.45. The Hall–Kier alpha value is -3.31. The number of nitrogens with zero attached hydrogens (tertiary/aromatic N) is 3. The molecule has 39 heavy (non-hydrogen) atoms. The molecule has 2 aliphatic heterocycles. The van der Waals surface area contributed by atoms with Crippen LogP contribution >= 0.6 is 15.9 Å². The Morgan fingerprint density at radius 2 is 1.77 bits per heavy atom. The number of hydrogen-bond acceptors (Lipinski definition) is 4. The fourth-order valence-corrected chi connectivity index (χ4v) is 6.95. The van der Waals surface area contributed by atoms with E-state index in [1.165, 1.54) is 16.4 Å². The van der Waals surface area contributed by atoms with E-state index in [-0.39, 0.29) is 16.6 Å². The zero-order valence-electron chi connectivity index (χ0n) is 21.1. The minimum Gasteiger partial charge on any atom is -0.379 e. The van der Waals surface area contributed by atoms with E-state index in [4.69, 9.17) is 4.74 Å². The van der Waals surface area contributed by atoms with Crippen molar-refractivity contribution in [3.63, 3.8) is 0 Å². The maximum absolute atomic E-state index is 13.5. The van der Waals surface area contributed by atoms with Gasteiger partial charge in [-0.15, -0.1) is 0 Å². The topological polar surface area (TPSA) is 71.9 Å². The molecule has 1 amide bonds. The Labute approximate surface area is 234 Å². The summed E-state index contributed by atoms with van der Waals surface area (Å²) in [7, 11) is -2.04. The summed E-state index contributed by atoms with van der Waals surface area (Å²) in [5.41, 5.74) is 4.37. The molecule has 0 radical (unpaired) electrons. The number of rotatable bonds is 5. The van der Waals surface area contributed by atoms with Crippen LogP contribution in [0.15, 0.2) is 76.2 Å². The molecule has 1 aromatic heterocycles. The molecular weight excluding hydrogens is 585 g/mol. The van der Waals surface area contributed by atoms with Gasteiger partial charge >= 0.3 is 0 Å². The zero-order valence-corrected chi connectivity index (χ0v) is 23.5. The van der Waals surface area contributed by atoms with Crippen LogP contribution in [0.5, 0.6) is 0 Å². The second-order valence-corrected chi connectivity index (χ2v) is 12.5. The van der Waals surface area contributed by atoms with Crippen LogP contribution in [0.2, 0.25) is 0 Å². The lowest BCUT2D eigenvalue weighted by Crippen LogP contribution is -2.40. The molecule has 0 spiro atoms. The van der Waals surface area contributed by atoms with Gasteiger partial charge in [0, 0.05) is 65.0 Å². The smallest absolute Gasteiger partial charge is 0.258 e. The number of halogens is 2. The minimum absolute atomic E-state index is 0.152. The second kappa shape index (κ2) is 10.0. The molecule has 4 aromatic rings. The molecule has 10 heteroatoms. The zero-order chi connectivity index (χ0) is 27.3. The first-order chi connectivity index (χ1) is 18.7. The average Bonchev–Trinajstić information content (AvgIpc) is 3.39. The molecule has 6 rings (SSSR count). The van der Waals surface area contributed by atoms with Gasteiger partial charge in [-0.1, -0.05) is 28.1 Å². The Morgan fingerprint density at radius 1 is 1.03 bits per heavy atom. The van der Waals surface area contributed by atoms with Crippen molar-refractivity contribution in [3.8, 4) is 0 Å². The van der Waals surface area contributed by atoms with Gasteiger partial charge in [-0.05, 0) is 60.2 Å².